The molecule has 0 saturated heterocycles. The van der Waals surface area contributed by atoms with Gasteiger partial charge in [-0.3, -0.25) is 9.20 Å². The Morgan fingerprint density at radius 3 is 2.94 bits per heavy atom. The van der Waals surface area contributed by atoms with E-state index >= 15 is 0 Å². The van der Waals surface area contributed by atoms with Crippen LogP contribution in [0.25, 0.3) is 16.4 Å². The SMILES string of the molecule is Cc1nc2c(cc(Cl)n3cnc(C)c23)c(=O)[nH]1. The van der Waals surface area contributed by atoms with Crippen molar-refractivity contribution in [3.05, 3.63) is 39.4 Å². The maximum Gasteiger partial charge on any atom is 0.258 e. The van der Waals surface area contributed by atoms with E-state index < -0.39 is 0 Å². The fraction of sp³-hybridized carbons (Fsp3) is 0.182. The number of hydrogen-bond acceptors (Lipinski definition) is 3. The Bertz CT molecular complexity index is 802. The second-order valence-corrected chi connectivity index (χ2v) is 4.32. The van der Waals surface area contributed by atoms with Gasteiger partial charge in [0.25, 0.3) is 5.56 Å². The van der Waals surface area contributed by atoms with Crippen molar-refractivity contribution in [2.75, 3.05) is 0 Å². The predicted molar refractivity (Wildman–Crippen MR) is 65.6 cm³/mol. The summed E-state index contributed by atoms with van der Waals surface area (Å²) in [5.74, 6) is 0.576. The van der Waals surface area contributed by atoms with E-state index in [-0.39, 0.29) is 5.56 Å². The van der Waals surface area contributed by atoms with Crippen LogP contribution in [-0.4, -0.2) is 19.4 Å². The van der Waals surface area contributed by atoms with Crippen LogP contribution in [0.5, 0.6) is 0 Å². The molecule has 1 N–H and O–H groups in total. The molecule has 17 heavy (non-hydrogen) atoms. The Morgan fingerprint density at radius 1 is 1.41 bits per heavy atom. The zero-order valence-corrected chi connectivity index (χ0v) is 10.0. The number of nitrogens with zero attached hydrogens (tertiary/aromatic N) is 3. The minimum atomic E-state index is -0.183. The normalized spacial score (nSPS) is 11.5. The summed E-state index contributed by atoms with van der Waals surface area (Å²) in [6.45, 7) is 3.61. The first-order valence-electron chi connectivity index (χ1n) is 5.10. The lowest BCUT2D eigenvalue weighted by Gasteiger charge is -2.04. The maximum absolute atomic E-state index is 11.8. The molecule has 3 aromatic rings. The number of imidazole rings is 1. The fourth-order valence-electron chi connectivity index (χ4n) is 1.98. The quantitative estimate of drug-likeness (QED) is 0.618. The molecule has 3 rings (SSSR count). The van der Waals surface area contributed by atoms with Gasteiger partial charge in [0.2, 0.25) is 0 Å². The number of nitrogens with one attached hydrogen (secondary N) is 1. The van der Waals surface area contributed by atoms with Gasteiger partial charge in [0.15, 0.2) is 0 Å². The molecule has 0 saturated carbocycles. The van der Waals surface area contributed by atoms with E-state index in [1.807, 2.05) is 6.92 Å². The van der Waals surface area contributed by atoms with Gasteiger partial charge in [-0.2, -0.15) is 0 Å². The van der Waals surface area contributed by atoms with Gasteiger partial charge in [-0.25, -0.2) is 9.97 Å². The lowest BCUT2D eigenvalue weighted by Crippen LogP contribution is -2.10. The predicted octanol–water partition coefficient (Wildman–Crippen LogP) is 1.84. The third-order valence-electron chi connectivity index (χ3n) is 2.74. The monoisotopic (exact) mass is 248 g/mol. The summed E-state index contributed by atoms with van der Waals surface area (Å²) in [5.41, 5.74) is 2.03. The van der Waals surface area contributed by atoms with Crippen molar-refractivity contribution in [2.45, 2.75) is 13.8 Å². The molecule has 0 bridgehead atoms. The Morgan fingerprint density at radius 2 is 2.18 bits per heavy atom. The summed E-state index contributed by atoms with van der Waals surface area (Å²) >= 11 is 6.10. The van der Waals surface area contributed by atoms with Crippen LogP contribution in [0.3, 0.4) is 0 Å². The van der Waals surface area contributed by atoms with Crippen molar-refractivity contribution in [2.24, 2.45) is 0 Å². The van der Waals surface area contributed by atoms with Crippen LogP contribution in [-0.2, 0) is 0 Å². The van der Waals surface area contributed by atoms with Crippen molar-refractivity contribution < 1.29 is 0 Å². The number of pyridine rings is 1. The summed E-state index contributed by atoms with van der Waals surface area (Å²) < 4.78 is 1.73. The van der Waals surface area contributed by atoms with Crippen LogP contribution in [0.2, 0.25) is 5.15 Å². The molecule has 0 atom stereocenters. The molecule has 86 valence electrons. The van der Waals surface area contributed by atoms with E-state index in [4.69, 9.17) is 11.6 Å². The average molecular weight is 249 g/mol. The third kappa shape index (κ3) is 1.36. The first-order valence-corrected chi connectivity index (χ1v) is 5.48. The number of hydrogen-bond donors (Lipinski definition) is 1. The highest BCUT2D eigenvalue weighted by molar-refractivity contribution is 6.30. The molecule has 0 aliphatic rings. The van der Waals surface area contributed by atoms with Crippen LogP contribution in [0, 0.1) is 13.8 Å². The van der Waals surface area contributed by atoms with Gasteiger partial charge in [0.05, 0.1) is 16.6 Å². The minimum Gasteiger partial charge on any atom is -0.310 e. The molecular weight excluding hydrogens is 240 g/mol. The van der Waals surface area contributed by atoms with Crippen molar-refractivity contribution >= 4 is 28.0 Å². The van der Waals surface area contributed by atoms with Crippen LogP contribution >= 0.6 is 11.6 Å². The Labute approximate surface area is 101 Å². The second-order valence-electron chi connectivity index (χ2n) is 3.93. The highest BCUT2D eigenvalue weighted by atomic mass is 35.5. The van der Waals surface area contributed by atoms with E-state index in [0.717, 1.165) is 11.2 Å². The molecule has 5 nitrogen and oxygen atoms in total. The highest BCUT2D eigenvalue weighted by Crippen LogP contribution is 2.23. The summed E-state index contributed by atoms with van der Waals surface area (Å²) in [5, 5.41) is 0.931. The van der Waals surface area contributed by atoms with E-state index in [2.05, 4.69) is 15.0 Å². The molecule has 0 unspecified atom stereocenters. The van der Waals surface area contributed by atoms with Gasteiger partial charge in [0.1, 0.15) is 22.8 Å². The van der Waals surface area contributed by atoms with Crippen molar-refractivity contribution in [3.8, 4) is 0 Å². The largest absolute Gasteiger partial charge is 0.310 e. The third-order valence-corrected chi connectivity index (χ3v) is 3.03. The van der Waals surface area contributed by atoms with Gasteiger partial charge in [0, 0.05) is 0 Å². The number of aryl methyl sites for hydroxylation is 2. The molecule has 0 amide bonds. The van der Waals surface area contributed by atoms with Crippen LogP contribution in [0.1, 0.15) is 11.5 Å². The smallest absolute Gasteiger partial charge is 0.258 e. The second kappa shape index (κ2) is 3.30. The summed E-state index contributed by atoms with van der Waals surface area (Å²) in [6.07, 6.45) is 1.63. The van der Waals surface area contributed by atoms with Crippen LogP contribution in [0.15, 0.2) is 17.2 Å². The van der Waals surface area contributed by atoms with E-state index in [0.29, 0.717) is 21.9 Å². The average Bonchev–Trinajstić information content (AvgIpc) is 2.64. The number of halogens is 1. The number of aromatic nitrogens is 4. The van der Waals surface area contributed by atoms with Crippen molar-refractivity contribution in [3.63, 3.8) is 0 Å². The van der Waals surface area contributed by atoms with Gasteiger partial charge < -0.3 is 4.98 Å². The highest BCUT2D eigenvalue weighted by Gasteiger charge is 2.12. The molecule has 6 heteroatoms. The molecule has 0 spiro atoms. The first-order chi connectivity index (χ1) is 8.08. The molecule has 0 radical (unpaired) electrons. The fourth-order valence-corrected chi connectivity index (χ4v) is 2.22. The number of rotatable bonds is 0. The topological polar surface area (TPSA) is 63.1 Å². The Balaban J connectivity index is 2.72. The molecule has 3 heterocycles. The number of aromatic amines is 1. The summed E-state index contributed by atoms with van der Waals surface area (Å²) in [7, 11) is 0. The van der Waals surface area contributed by atoms with E-state index in [1.165, 1.54) is 0 Å². The molecule has 0 aliphatic carbocycles. The van der Waals surface area contributed by atoms with Crippen LogP contribution in [0.4, 0.5) is 0 Å². The maximum atomic E-state index is 11.8. The van der Waals surface area contributed by atoms with E-state index in [9.17, 15) is 4.79 Å². The lowest BCUT2D eigenvalue weighted by atomic mass is 10.2. The molecule has 0 aromatic carbocycles. The first kappa shape index (κ1) is 10.3. The molecule has 0 aliphatic heterocycles. The van der Waals surface area contributed by atoms with Crippen LogP contribution < -0.4 is 5.56 Å². The Kier molecular flexibility index (Phi) is 2.00. The standard InChI is InChI=1S/C11H9ClN4O/c1-5-10-9-7(11(17)15-6(2)14-9)3-8(12)16(10)4-13-5/h3-4H,1-2H3,(H,14,15,17). The number of fused-ring (bicyclic) bond motifs is 3. The van der Waals surface area contributed by atoms with E-state index in [1.54, 1.807) is 23.7 Å². The minimum absolute atomic E-state index is 0.183. The zero-order chi connectivity index (χ0) is 12.2. The van der Waals surface area contributed by atoms with Gasteiger partial charge >= 0.3 is 0 Å². The zero-order valence-electron chi connectivity index (χ0n) is 9.28. The van der Waals surface area contributed by atoms with Gasteiger partial charge in [-0.15, -0.1) is 0 Å². The Hall–Kier alpha value is -1.88. The summed E-state index contributed by atoms with van der Waals surface area (Å²) in [6, 6.07) is 1.61. The number of H-pyrrole nitrogens is 1. The lowest BCUT2D eigenvalue weighted by molar-refractivity contribution is 1.05. The molecular formula is C11H9ClN4O. The van der Waals surface area contributed by atoms with Crippen molar-refractivity contribution in [1.82, 2.24) is 19.4 Å². The molecule has 3 aromatic heterocycles. The van der Waals surface area contributed by atoms with Gasteiger partial charge in [-0.05, 0) is 19.9 Å². The van der Waals surface area contributed by atoms with Crippen molar-refractivity contribution in [1.29, 1.82) is 0 Å². The van der Waals surface area contributed by atoms with Gasteiger partial charge in [-0.1, -0.05) is 11.6 Å². The summed E-state index contributed by atoms with van der Waals surface area (Å²) in [4.78, 5) is 23.1. The molecule has 0 fully saturated rings.